The summed E-state index contributed by atoms with van der Waals surface area (Å²) in [6.07, 6.45) is 4.76. The first-order valence-corrected chi connectivity index (χ1v) is 6.40. The third-order valence-electron chi connectivity index (χ3n) is 3.41. The van der Waals surface area contributed by atoms with Gasteiger partial charge in [0.2, 0.25) is 0 Å². The molecule has 0 aromatic carbocycles. The van der Waals surface area contributed by atoms with E-state index in [0.29, 0.717) is 6.61 Å². The molecule has 0 aromatic heterocycles. The first kappa shape index (κ1) is 12.9. The molecule has 2 N–H and O–H groups in total. The second-order valence-electron chi connectivity index (χ2n) is 4.52. The summed E-state index contributed by atoms with van der Waals surface area (Å²) in [6.45, 7) is 8.52. The third-order valence-corrected chi connectivity index (χ3v) is 3.41. The van der Waals surface area contributed by atoms with Crippen molar-refractivity contribution < 1.29 is 5.11 Å². The van der Waals surface area contributed by atoms with Crippen LogP contribution in [0.25, 0.3) is 0 Å². The molecule has 0 saturated carbocycles. The van der Waals surface area contributed by atoms with E-state index >= 15 is 0 Å². The van der Waals surface area contributed by atoms with Crippen LogP contribution < -0.4 is 5.32 Å². The quantitative estimate of drug-likeness (QED) is 0.666. The minimum Gasteiger partial charge on any atom is -0.396 e. The summed E-state index contributed by atoms with van der Waals surface area (Å²) in [7, 11) is 0. The van der Waals surface area contributed by atoms with Gasteiger partial charge in [0.05, 0.1) is 0 Å². The van der Waals surface area contributed by atoms with Crippen LogP contribution in [0.3, 0.4) is 0 Å². The Balaban J connectivity index is 2.03. The number of nitrogens with one attached hydrogen (secondary N) is 1. The van der Waals surface area contributed by atoms with Gasteiger partial charge in [0.1, 0.15) is 0 Å². The maximum absolute atomic E-state index is 8.90. The topological polar surface area (TPSA) is 35.5 Å². The van der Waals surface area contributed by atoms with Crippen molar-refractivity contribution in [2.24, 2.45) is 5.92 Å². The SMILES string of the molecule is CCC(CCO)CCCN1CCNCC1. The fourth-order valence-electron chi connectivity index (χ4n) is 2.27. The van der Waals surface area contributed by atoms with Crippen molar-refractivity contribution in [3.8, 4) is 0 Å². The van der Waals surface area contributed by atoms with Gasteiger partial charge in [0.25, 0.3) is 0 Å². The normalized spacial score (nSPS) is 20.4. The van der Waals surface area contributed by atoms with E-state index in [1.807, 2.05) is 0 Å². The highest BCUT2D eigenvalue weighted by molar-refractivity contribution is 4.68. The zero-order valence-electron chi connectivity index (χ0n) is 10.0. The third kappa shape index (κ3) is 5.50. The zero-order valence-corrected chi connectivity index (χ0v) is 10.0. The predicted molar refractivity (Wildman–Crippen MR) is 64.0 cm³/mol. The number of hydrogen-bond donors (Lipinski definition) is 2. The molecule has 0 spiro atoms. The molecule has 0 bridgehead atoms. The molecule has 1 heterocycles. The average Bonchev–Trinajstić information content (AvgIpc) is 2.29. The van der Waals surface area contributed by atoms with Crippen LogP contribution in [0.5, 0.6) is 0 Å². The Morgan fingerprint density at radius 3 is 2.60 bits per heavy atom. The molecule has 0 amide bonds. The largest absolute Gasteiger partial charge is 0.396 e. The predicted octanol–water partition coefficient (Wildman–Crippen LogP) is 1.08. The maximum atomic E-state index is 8.90. The molecule has 0 radical (unpaired) electrons. The summed E-state index contributed by atoms with van der Waals surface area (Å²) in [5.41, 5.74) is 0. The van der Waals surface area contributed by atoms with Gasteiger partial charge in [0, 0.05) is 32.8 Å². The number of aliphatic hydroxyl groups excluding tert-OH is 1. The van der Waals surface area contributed by atoms with Crippen LogP contribution in [0.4, 0.5) is 0 Å². The number of rotatable bonds is 7. The van der Waals surface area contributed by atoms with E-state index in [1.165, 1.54) is 38.9 Å². The van der Waals surface area contributed by atoms with Crippen molar-refractivity contribution in [1.82, 2.24) is 10.2 Å². The van der Waals surface area contributed by atoms with Crippen molar-refractivity contribution >= 4 is 0 Å². The minimum absolute atomic E-state index is 0.353. The van der Waals surface area contributed by atoms with Gasteiger partial charge in [-0.3, -0.25) is 0 Å². The molecule has 1 fully saturated rings. The monoisotopic (exact) mass is 214 g/mol. The van der Waals surface area contributed by atoms with Crippen LogP contribution in [0.1, 0.15) is 32.6 Å². The number of aliphatic hydroxyl groups is 1. The lowest BCUT2D eigenvalue weighted by Crippen LogP contribution is -2.43. The minimum atomic E-state index is 0.353. The maximum Gasteiger partial charge on any atom is 0.0433 e. The van der Waals surface area contributed by atoms with Gasteiger partial charge >= 0.3 is 0 Å². The molecule has 0 aliphatic carbocycles. The van der Waals surface area contributed by atoms with Crippen LogP contribution in [0.15, 0.2) is 0 Å². The number of nitrogens with zero attached hydrogens (tertiary/aromatic N) is 1. The van der Waals surface area contributed by atoms with E-state index in [1.54, 1.807) is 0 Å². The number of hydrogen-bond acceptors (Lipinski definition) is 3. The summed E-state index contributed by atoms with van der Waals surface area (Å²) in [4.78, 5) is 2.54. The van der Waals surface area contributed by atoms with Gasteiger partial charge < -0.3 is 15.3 Å². The summed E-state index contributed by atoms with van der Waals surface area (Å²) in [6, 6.07) is 0. The Morgan fingerprint density at radius 1 is 1.27 bits per heavy atom. The Bertz CT molecular complexity index is 142. The van der Waals surface area contributed by atoms with Crippen molar-refractivity contribution in [3.63, 3.8) is 0 Å². The molecule has 1 atom stereocenters. The molecule has 15 heavy (non-hydrogen) atoms. The standard InChI is InChI=1S/C12H26N2O/c1-2-12(5-11-15)4-3-8-14-9-6-13-7-10-14/h12-13,15H,2-11H2,1H3. The highest BCUT2D eigenvalue weighted by Crippen LogP contribution is 2.15. The summed E-state index contributed by atoms with van der Waals surface area (Å²) < 4.78 is 0. The van der Waals surface area contributed by atoms with Crippen molar-refractivity contribution in [2.45, 2.75) is 32.6 Å². The zero-order chi connectivity index (χ0) is 10.9. The Morgan fingerprint density at radius 2 is 2.00 bits per heavy atom. The summed E-state index contributed by atoms with van der Waals surface area (Å²) >= 11 is 0. The lowest BCUT2D eigenvalue weighted by atomic mass is 9.97. The highest BCUT2D eigenvalue weighted by atomic mass is 16.3. The first-order valence-electron chi connectivity index (χ1n) is 6.40. The van der Waals surface area contributed by atoms with Crippen LogP contribution in [-0.4, -0.2) is 49.3 Å². The molecule has 3 heteroatoms. The molecule has 90 valence electrons. The Kier molecular flexibility index (Phi) is 6.98. The van der Waals surface area contributed by atoms with E-state index in [-0.39, 0.29) is 0 Å². The molecule has 1 saturated heterocycles. The fourth-order valence-corrected chi connectivity index (χ4v) is 2.27. The molecule has 1 aliphatic rings. The number of piperazine rings is 1. The van der Waals surface area contributed by atoms with Gasteiger partial charge in [-0.05, 0) is 31.7 Å². The van der Waals surface area contributed by atoms with Gasteiger partial charge in [-0.25, -0.2) is 0 Å². The summed E-state index contributed by atoms with van der Waals surface area (Å²) in [5, 5.41) is 12.3. The van der Waals surface area contributed by atoms with Crippen LogP contribution >= 0.6 is 0 Å². The molecule has 0 aromatic rings. The van der Waals surface area contributed by atoms with Gasteiger partial charge in [0.15, 0.2) is 0 Å². The summed E-state index contributed by atoms with van der Waals surface area (Å²) in [5.74, 6) is 0.734. The molecule has 1 rings (SSSR count). The molecular formula is C12H26N2O. The van der Waals surface area contributed by atoms with E-state index in [2.05, 4.69) is 17.1 Å². The van der Waals surface area contributed by atoms with Crippen molar-refractivity contribution in [2.75, 3.05) is 39.3 Å². The van der Waals surface area contributed by atoms with Gasteiger partial charge in [-0.15, -0.1) is 0 Å². The lowest BCUT2D eigenvalue weighted by Gasteiger charge is -2.27. The van der Waals surface area contributed by atoms with E-state index in [9.17, 15) is 0 Å². The van der Waals surface area contributed by atoms with Crippen LogP contribution in [0, 0.1) is 5.92 Å². The van der Waals surface area contributed by atoms with Crippen LogP contribution in [0.2, 0.25) is 0 Å². The van der Waals surface area contributed by atoms with Crippen molar-refractivity contribution in [1.29, 1.82) is 0 Å². The second kappa shape index (κ2) is 8.08. The lowest BCUT2D eigenvalue weighted by molar-refractivity contribution is 0.217. The first-order chi connectivity index (χ1) is 7.36. The average molecular weight is 214 g/mol. The van der Waals surface area contributed by atoms with E-state index < -0.39 is 0 Å². The van der Waals surface area contributed by atoms with E-state index in [4.69, 9.17) is 5.11 Å². The molecule has 1 unspecified atom stereocenters. The Labute approximate surface area is 93.9 Å². The van der Waals surface area contributed by atoms with E-state index in [0.717, 1.165) is 25.4 Å². The fraction of sp³-hybridized carbons (Fsp3) is 1.00. The van der Waals surface area contributed by atoms with Gasteiger partial charge in [-0.2, -0.15) is 0 Å². The Hall–Kier alpha value is -0.120. The second-order valence-corrected chi connectivity index (χ2v) is 4.52. The molecule has 3 nitrogen and oxygen atoms in total. The molecule has 1 aliphatic heterocycles. The van der Waals surface area contributed by atoms with Crippen molar-refractivity contribution in [3.05, 3.63) is 0 Å². The smallest absolute Gasteiger partial charge is 0.0433 e. The van der Waals surface area contributed by atoms with Crippen LogP contribution in [-0.2, 0) is 0 Å². The van der Waals surface area contributed by atoms with Gasteiger partial charge in [-0.1, -0.05) is 13.3 Å². The highest BCUT2D eigenvalue weighted by Gasteiger charge is 2.10. The molecular weight excluding hydrogens is 188 g/mol.